The molecule has 48 heavy (non-hydrogen) atoms. The number of aromatic amines is 1. The van der Waals surface area contributed by atoms with E-state index >= 15 is 0 Å². The number of rotatable bonds is 11. The highest BCUT2D eigenvalue weighted by Gasteiger charge is 2.46. The summed E-state index contributed by atoms with van der Waals surface area (Å²) in [5.41, 5.74) is 2.09. The molecule has 11 nitrogen and oxygen atoms in total. The van der Waals surface area contributed by atoms with Gasteiger partial charge in [0.25, 0.3) is 0 Å². The van der Waals surface area contributed by atoms with E-state index in [-0.39, 0.29) is 13.0 Å². The zero-order valence-electron chi connectivity index (χ0n) is 26.2. The minimum absolute atomic E-state index is 0.0607. The van der Waals surface area contributed by atoms with Crippen molar-refractivity contribution in [3.8, 4) is 11.5 Å². The number of aromatic nitrogens is 3. The average Bonchev–Trinajstić information content (AvgIpc) is 3.68. The van der Waals surface area contributed by atoms with Crippen molar-refractivity contribution in [3.05, 3.63) is 136 Å². The lowest BCUT2D eigenvalue weighted by Crippen LogP contribution is -2.38. The lowest BCUT2D eigenvalue weighted by molar-refractivity contribution is -0.0916. The molecule has 6 aromatic rings. The maximum Gasteiger partial charge on any atom is 0.695 e. The van der Waals surface area contributed by atoms with Crippen molar-refractivity contribution in [1.82, 2.24) is 14.5 Å². The van der Waals surface area contributed by atoms with Crippen molar-refractivity contribution < 1.29 is 32.9 Å². The number of nitrogens with zero attached hydrogens (tertiary/aromatic N) is 2. The first-order valence-electron chi connectivity index (χ1n) is 15.4. The first-order chi connectivity index (χ1) is 23.4. The predicted molar refractivity (Wildman–Crippen MR) is 179 cm³/mol. The summed E-state index contributed by atoms with van der Waals surface area (Å²) in [6.07, 6.45) is -0.699. The molecule has 0 aliphatic carbocycles. The Labute approximate surface area is 276 Å². The van der Waals surface area contributed by atoms with Gasteiger partial charge in [-0.15, -0.1) is 9.42 Å². The maximum atomic E-state index is 13.3. The largest absolute Gasteiger partial charge is 0.695 e. The summed E-state index contributed by atoms with van der Waals surface area (Å²) in [5, 5.41) is 1.66. The molecule has 1 saturated heterocycles. The number of methoxy groups -OCH3 is 2. The molecule has 1 unspecified atom stereocenters. The molecular formula is C36H33N3O8P+. The molecule has 0 saturated carbocycles. The summed E-state index contributed by atoms with van der Waals surface area (Å²) in [5.74, 6) is 1.37. The van der Waals surface area contributed by atoms with Gasteiger partial charge in [0.2, 0.25) is 0 Å². The van der Waals surface area contributed by atoms with Crippen molar-refractivity contribution in [2.24, 2.45) is 0 Å². The van der Waals surface area contributed by atoms with Crippen LogP contribution in [0.15, 0.2) is 114 Å². The van der Waals surface area contributed by atoms with Crippen LogP contribution in [0.25, 0.3) is 21.9 Å². The molecular weight excluding hydrogens is 633 g/mol. The van der Waals surface area contributed by atoms with Crippen LogP contribution >= 0.6 is 8.25 Å². The third-order valence-electron chi connectivity index (χ3n) is 8.78. The molecule has 2 aromatic heterocycles. The Morgan fingerprint density at radius 3 is 2.10 bits per heavy atom. The van der Waals surface area contributed by atoms with E-state index in [0.29, 0.717) is 17.1 Å². The normalized spacial score (nSPS) is 18.3. The summed E-state index contributed by atoms with van der Waals surface area (Å²) in [6, 6.07) is 32.7. The van der Waals surface area contributed by atoms with Crippen LogP contribution in [0.3, 0.4) is 0 Å². The minimum atomic E-state index is -2.98. The Morgan fingerprint density at radius 2 is 1.48 bits per heavy atom. The number of para-hydroxylation sites is 1. The molecule has 1 aliphatic rings. The van der Waals surface area contributed by atoms with Crippen LogP contribution < -0.4 is 15.2 Å². The standard InChI is InChI=1S/C36H32N3O8P/c1-43-26-16-12-24(13-17-26)36(23-8-4-3-5-9-23,25-14-18-27(44-2)19-15-25)45-22-32-31(47-48(41)42)20-33(46-32)39-21-29-28-10-6-7-11-30(28)37-34(29)38-35(39)40/h3-19,21,31-33H,20,22H2,1-2H3,(H-,37,38,40,41,42)/p+1/t31-,32+,33+/m0/s1. The molecule has 0 spiro atoms. The molecule has 0 radical (unpaired) electrons. The fourth-order valence-corrected chi connectivity index (χ4v) is 6.91. The highest BCUT2D eigenvalue weighted by atomic mass is 31.1. The molecule has 4 atom stereocenters. The van der Waals surface area contributed by atoms with Crippen molar-refractivity contribution in [1.29, 1.82) is 0 Å². The van der Waals surface area contributed by atoms with Gasteiger partial charge in [-0.3, -0.25) is 4.57 Å². The summed E-state index contributed by atoms with van der Waals surface area (Å²) < 4.78 is 43.2. The molecule has 12 heteroatoms. The number of H-pyrrole nitrogens is 1. The first-order valence-corrected chi connectivity index (χ1v) is 16.5. The van der Waals surface area contributed by atoms with Gasteiger partial charge < -0.3 is 23.9 Å². The van der Waals surface area contributed by atoms with E-state index in [2.05, 4.69) is 9.97 Å². The average molecular weight is 667 g/mol. The molecule has 7 rings (SSSR count). The van der Waals surface area contributed by atoms with Crippen LogP contribution in [0.2, 0.25) is 0 Å². The van der Waals surface area contributed by atoms with Crippen molar-refractivity contribution >= 4 is 30.2 Å². The van der Waals surface area contributed by atoms with E-state index in [1.807, 2.05) is 103 Å². The summed E-state index contributed by atoms with van der Waals surface area (Å²) in [4.78, 5) is 30.5. The van der Waals surface area contributed by atoms with Crippen LogP contribution in [-0.2, 0) is 24.2 Å². The van der Waals surface area contributed by atoms with Crippen LogP contribution in [-0.4, -0.2) is 52.5 Å². The summed E-state index contributed by atoms with van der Waals surface area (Å²) in [7, 11) is 0.234. The second kappa shape index (κ2) is 13.3. The highest BCUT2D eigenvalue weighted by Crippen LogP contribution is 2.43. The van der Waals surface area contributed by atoms with Gasteiger partial charge in [0.1, 0.15) is 41.2 Å². The van der Waals surface area contributed by atoms with Crippen molar-refractivity contribution in [2.75, 3.05) is 20.8 Å². The van der Waals surface area contributed by atoms with Crippen LogP contribution in [0, 0.1) is 0 Å². The van der Waals surface area contributed by atoms with E-state index in [4.69, 9.17) is 23.5 Å². The molecule has 1 fully saturated rings. The first kappa shape index (κ1) is 31.7. The topological polar surface area (TPSA) is 134 Å². The number of hydrogen-bond acceptors (Lipinski definition) is 8. The Balaban J connectivity index is 1.28. The van der Waals surface area contributed by atoms with Gasteiger partial charge >= 0.3 is 13.9 Å². The number of fused-ring (bicyclic) bond motifs is 3. The number of hydrogen-bond donors (Lipinski definition) is 2. The Hall–Kier alpha value is -4.90. The van der Waals surface area contributed by atoms with Gasteiger partial charge in [-0.25, -0.2) is 4.79 Å². The lowest BCUT2D eigenvalue weighted by Gasteiger charge is -2.37. The van der Waals surface area contributed by atoms with E-state index < -0.39 is 38.0 Å². The lowest BCUT2D eigenvalue weighted by atomic mass is 9.80. The van der Waals surface area contributed by atoms with Gasteiger partial charge in [0.05, 0.1) is 20.8 Å². The third kappa shape index (κ3) is 5.87. The second-order valence-electron chi connectivity index (χ2n) is 11.4. The zero-order valence-corrected chi connectivity index (χ0v) is 27.1. The zero-order chi connectivity index (χ0) is 33.3. The van der Waals surface area contributed by atoms with E-state index in [9.17, 15) is 14.3 Å². The van der Waals surface area contributed by atoms with E-state index in [1.54, 1.807) is 20.4 Å². The van der Waals surface area contributed by atoms with Gasteiger partial charge in [-0.2, -0.15) is 4.98 Å². The van der Waals surface area contributed by atoms with Crippen molar-refractivity contribution in [2.45, 2.75) is 30.5 Å². The Kier molecular flexibility index (Phi) is 8.79. The Bertz CT molecular complexity index is 2070. The molecule has 4 aromatic carbocycles. The maximum absolute atomic E-state index is 13.3. The predicted octanol–water partition coefficient (Wildman–Crippen LogP) is 6.23. The van der Waals surface area contributed by atoms with Crippen LogP contribution in [0.5, 0.6) is 11.5 Å². The van der Waals surface area contributed by atoms with Gasteiger partial charge in [-0.1, -0.05) is 72.8 Å². The molecule has 0 amide bonds. The quantitative estimate of drug-likeness (QED) is 0.122. The molecule has 2 N–H and O–H groups in total. The molecule has 1 aliphatic heterocycles. The molecule has 244 valence electrons. The van der Waals surface area contributed by atoms with Gasteiger partial charge in [-0.05, 0) is 47.0 Å². The summed E-state index contributed by atoms with van der Waals surface area (Å²) >= 11 is 0. The monoisotopic (exact) mass is 666 g/mol. The van der Waals surface area contributed by atoms with Crippen molar-refractivity contribution in [3.63, 3.8) is 0 Å². The fraction of sp³-hybridized carbons (Fsp3) is 0.222. The Morgan fingerprint density at radius 1 is 0.875 bits per heavy atom. The fourth-order valence-electron chi connectivity index (χ4n) is 6.45. The van der Waals surface area contributed by atoms with E-state index in [1.165, 1.54) is 4.57 Å². The molecule has 3 heterocycles. The number of benzene rings is 4. The molecule has 0 bridgehead atoms. The van der Waals surface area contributed by atoms with Crippen LogP contribution in [0.1, 0.15) is 29.3 Å². The minimum Gasteiger partial charge on any atom is -0.497 e. The smallest absolute Gasteiger partial charge is 0.497 e. The third-order valence-corrected chi connectivity index (χ3v) is 9.23. The summed E-state index contributed by atoms with van der Waals surface area (Å²) in [6.45, 7) is -0.0607. The number of nitrogens with one attached hydrogen (secondary N) is 1. The SMILES string of the molecule is COc1ccc(C(OC[C@H]2O[C@@H](n3cc4c(nc3=O)[nH]c3ccccc34)C[C@@H]2O[P+](=O)O)(c2ccccc2)c2ccc(OC)cc2)cc1. The van der Waals surface area contributed by atoms with Gasteiger partial charge in [0, 0.05) is 33.5 Å². The van der Waals surface area contributed by atoms with Gasteiger partial charge in [0.15, 0.2) is 0 Å². The van der Waals surface area contributed by atoms with Crippen LogP contribution in [0.4, 0.5) is 0 Å². The number of ether oxygens (including phenoxy) is 4. The second-order valence-corrected chi connectivity index (χ2v) is 12.1. The van der Waals surface area contributed by atoms with E-state index in [0.717, 1.165) is 33.0 Å². The highest BCUT2D eigenvalue weighted by molar-refractivity contribution is 7.32.